The lowest BCUT2D eigenvalue weighted by molar-refractivity contribution is -0.123. The third-order valence-electron chi connectivity index (χ3n) is 5.27. The van der Waals surface area contributed by atoms with Gasteiger partial charge in [0.25, 0.3) is 5.91 Å². The molecule has 6 heteroatoms. The van der Waals surface area contributed by atoms with Gasteiger partial charge < -0.3 is 9.64 Å². The number of halogens is 1. The molecule has 0 aromatic heterocycles. The number of allylic oxidation sites excluding steroid dienone is 1. The van der Waals surface area contributed by atoms with Crippen molar-refractivity contribution < 1.29 is 9.53 Å². The predicted octanol–water partition coefficient (Wildman–Crippen LogP) is 5.20. The molecule has 1 aliphatic rings. The molecule has 0 bridgehead atoms. The van der Waals surface area contributed by atoms with Crippen LogP contribution in [0.1, 0.15) is 44.4 Å². The molecular formula is C24H28ClN3O2. The van der Waals surface area contributed by atoms with Crippen LogP contribution < -0.4 is 15.1 Å². The molecule has 3 rings (SSSR count). The van der Waals surface area contributed by atoms with Crippen LogP contribution in [0.15, 0.2) is 47.6 Å². The number of carbonyl (C=O) groups is 1. The average molecular weight is 426 g/mol. The van der Waals surface area contributed by atoms with Crippen LogP contribution in [-0.2, 0) is 4.79 Å². The first-order valence-electron chi connectivity index (χ1n) is 10.0. The Morgan fingerprint density at radius 1 is 1.27 bits per heavy atom. The van der Waals surface area contributed by atoms with E-state index in [-0.39, 0.29) is 18.1 Å². The van der Waals surface area contributed by atoms with E-state index in [1.807, 2.05) is 0 Å². The van der Waals surface area contributed by atoms with Crippen molar-refractivity contribution >= 4 is 35.0 Å². The number of fused-ring (bicyclic) bond motifs is 1. The smallest absolute Gasteiger partial charge is 0.277 e. The third kappa shape index (κ3) is 4.68. The second-order valence-corrected chi connectivity index (χ2v) is 8.37. The van der Waals surface area contributed by atoms with Crippen LogP contribution in [0, 0.1) is 6.92 Å². The van der Waals surface area contributed by atoms with Gasteiger partial charge in [0.15, 0.2) is 6.61 Å². The van der Waals surface area contributed by atoms with E-state index in [1.165, 1.54) is 16.8 Å². The van der Waals surface area contributed by atoms with Gasteiger partial charge in [-0.1, -0.05) is 29.8 Å². The summed E-state index contributed by atoms with van der Waals surface area (Å²) in [6.07, 6.45) is 3.97. The standard InChI is InChI=1S/C24H28ClN3O2/c1-6-28-21-11-16(2)18(12-19(21)17(3)13-24(28,4)5)14-26-27-23(29)15-30-22-10-8-7-9-20(22)25/h7-14H,6,15H2,1-5H3,(H,27,29)/b26-14+. The summed E-state index contributed by atoms with van der Waals surface area (Å²) < 4.78 is 5.43. The fourth-order valence-corrected chi connectivity index (χ4v) is 4.06. The van der Waals surface area contributed by atoms with Gasteiger partial charge in [-0.25, -0.2) is 5.43 Å². The molecule has 0 spiro atoms. The van der Waals surface area contributed by atoms with Gasteiger partial charge in [-0.05, 0) is 75.6 Å². The number of benzene rings is 2. The highest BCUT2D eigenvalue weighted by Crippen LogP contribution is 2.39. The predicted molar refractivity (Wildman–Crippen MR) is 125 cm³/mol. The van der Waals surface area contributed by atoms with Gasteiger partial charge in [-0.3, -0.25) is 4.79 Å². The topological polar surface area (TPSA) is 53.9 Å². The summed E-state index contributed by atoms with van der Waals surface area (Å²) in [5, 5.41) is 4.57. The maximum absolute atomic E-state index is 12.0. The highest BCUT2D eigenvalue weighted by molar-refractivity contribution is 6.32. The highest BCUT2D eigenvalue weighted by atomic mass is 35.5. The second-order valence-electron chi connectivity index (χ2n) is 7.96. The number of hydrazone groups is 1. The molecule has 1 amide bonds. The minimum Gasteiger partial charge on any atom is -0.482 e. The Bertz CT molecular complexity index is 1010. The van der Waals surface area contributed by atoms with E-state index in [9.17, 15) is 4.79 Å². The minimum atomic E-state index is -0.350. The lowest BCUT2D eigenvalue weighted by atomic mass is 9.87. The molecule has 0 atom stereocenters. The van der Waals surface area contributed by atoms with Crippen molar-refractivity contribution in [3.63, 3.8) is 0 Å². The molecule has 1 N–H and O–H groups in total. The van der Waals surface area contributed by atoms with E-state index in [0.717, 1.165) is 17.7 Å². The summed E-state index contributed by atoms with van der Waals surface area (Å²) in [6.45, 7) is 11.6. The number of rotatable bonds is 6. The van der Waals surface area contributed by atoms with Crippen LogP contribution in [0.4, 0.5) is 5.69 Å². The van der Waals surface area contributed by atoms with Gasteiger partial charge in [0.05, 0.1) is 16.8 Å². The number of hydrogen-bond acceptors (Lipinski definition) is 4. The zero-order chi connectivity index (χ0) is 21.9. The molecule has 158 valence electrons. The van der Waals surface area contributed by atoms with Crippen LogP contribution in [0.25, 0.3) is 5.57 Å². The number of hydrogen-bond donors (Lipinski definition) is 1. The Morgan fingerprint density at radius 3 is 2.70 bits per heavy atom. The van der Waals surface area contributed by atoms with Crippen molar-refractivity contribution in [2.75, 3.05) is 18.1 Å². The van der Waals surface area contributed by atoms with Gasteiger partial charge in [-0.15, -0.1) is 0 Å². The summed E-state index contributed by atoms with van der Waals surface area (Å²) in [5.41, 5.74) is 8.21. The van der Waals surface area contributed by atoms with Crippen molar-refractivity contribution in [2.24, 2.45) is 5.10 Å². The number of likely N-dealkylation sites (N-methyl/N-ethyl adjacent to an activating group) is 1. The normalized spacial score (nSPS) is 15.0. The number of anilines is 1. The van der Waals surface area contributed by atoms with Crippen molar-refractivity contribution in [2.45, 2.75) is 40.2 Å². The Kier molecular flexibility index (Phi) is 6.52. The highest BCUT2D eigenvalue weighted by Gasteiger charge is 2.30. The molecule has 2 aromatic rings. The Labute approximate surface area is 183 Å². The molecule has 0 radical (unpaired) electrons. The van der Waals surface area contributed by atoms with Gasteiger partial charge in [-0.2, -0.15) is 5.10 Å². The first-order chi connectivity index (χ1) is 14.2. The fraction of sp³-hybridized carbons (Fsp3) is 0.333. The molecule has 0 aliphatic carbocycles. The minimum absolute atomic E-state index is 0.0243. The number of carbonyl (C=O) groups excluding carboxylic acids is 1. The number of nitrogens with zero attached hydrogens (tertiary/aromatic N) is 2. The number of para-hydroxylation sites is 1. The van der Waals surface area contributed by atoms with Crippen LogP contribution >= 0.6 is 11.6 Å². The van der Waals surface area contributed by atoms with E-state index in [4.69, 9.17) is 16.3 Å². The van der Waals surface area contributed by atoms with Crippen LogP contribution in [0.2, 0.25) is 5.02 Å². The average Bonchev–Trinajstić information content (AvgIpc) is 2.68. The number of aryl methyl sites for hydroxylation is 1. The fourth-order valence-electron chi connectivity index (χ4n) is 3.87. The maximum Gasteiger partial charge on any atom is 0.277 e. The van der Waals surface area contributed by atoms with Crippen molar-refractivity contribution in [1.29, 1.82) is 0 Å². The summed E-state index contributed by atoms with van der Waals surface area (Å²) in [5.74, 6) is 0.117. The van der Waals surface area contributed by atoms with Gasteiger partial charge in [0, 0.05) is 17.8 Å². The van der Waals surface area contributed by atoms with Crippen LogP contribution in [0.5, 0.6) is 5.75 Å². The van der Waals surface area contributed by atoms with E-state index in [1.54, 1.807) is 30.5 Å². The summed E-state index contributed by atoms with van der Waals surface area (Å²) in [4.78, 5) is 14.4. The summed E-state index contributed by atoms with van der Waals surface area (Å²) >= 11 is 6.02. The van der Waals surface area contributed by atoms with Crippen molar-refractivity contribution in [3.8, 4) is 5.75 Å². The molecule has 0 saturated heterocycles. The van der Waals surface area contributed by atoms with E-state index in [0.29, 0.717) is 10.8 Å². The summed E-state index contributed by atoms with van der Waals surface area (Å²) in [6, 6.07) is 11.4. The summed E-state index contributed by atoms with van der Waals surface area (Å²) in [7, 11) is 0. The lowest BCUT2D eigenvalue weighted by Crippen LogP contribution is -2.45. The molecular weight excluding hydrogens is 398 g/mol. The molecule has 1 aliphatic heterocycles. The lowest BCUT2D eigenvalue weighted by Gasteiger charge is -2.43. The molecule has 0 unspecified atom stereocenters. The zero-order valence-corrected chi connectivity index (χ0v) is 18.9. The monoisotopic (exact) mass is 425 g/mol. The van der Waals surface area contributed by atoms with E-state index < -0.39 is 0 Å². The largest absolute Gasteiger partial charge is 0.482 e. The van der Waals surface area contributed by atoms with E-state index >= 15 is 0 Å². The van der Waals surface area contributed by atoms with E-state index in [2.05, 4.69) is 68.3 Å². The SMILES string of the molecule is CCN1c2cc(C)c(/C=N/NC(=O)COc3ccccc3Cl)cc2C(C)=CC1(C)C. The van der Waals surface area contributed by atoms with Crippen molar-refractivity contribution in [1.82, 2.24) is 5.43 Å². The first kappa shape index (κ1) is 21.9. The molecule has 5 nitrogen and oxygen atoms in total. The first-order valence-corrected chi connectivity index (χ1v) is 10.4. The van der Waals surface area contributed by atoms with Gasteiger partial charge in [0.2, 0.25) is 0 Å². The Morgan fingerprint density at radius 2 is 2.00 bits per heavy atom. The number of ether oxygens (including phenoxy) is 1. The Hall–Kier alpha value is -2.79. The van der Waals surface area contributed by atoms with Crippen LogP contribution in [-0.4, -0.2) is 30.8 Å². The molecule has 30 heavy (non-hydrogen) atoms. The number of nitrogens with one attached hydrogen (secondary N) is 1. The zero-order valence-electron chi connectivity index (χ0n) is 18.1. The third-order valence-corrected chi connectivity index (χ3v) is 5.58. The molecule has 0 fully saturated rings. The Balaban J connectivity index is 1.70. The number of amides is 1. The quantitative estimate of drug-likeness (QED) is 0.511. The van der Waals surface area contributed by atoms with Crippen LogP contribution in [0.3, 0.4) is 0 Å². The molecule has 0 saturated carbocycles. The van der Waals surface area contributed by atoms with Crippen molar-refractivity contribution in [3.05, 3.63) is 64.2 Å². The van der Waals surface area contributed by atoms with Gasteiger partial charge in [0.1, 0.15) is 5.75 Å². The second kappa shape index (κ2) is 8.92. The van der Waals surface area contributed by atoms with Gasteiger partial charge >= 0.3 is 0 Å². The molecule has 1 heterocycles. The maximum atomic E-state index is 12.0. The molecule has 2 aromatic carbocycles.